The van der Waals surface area contributed by atoms with Gasteiger partial charge in [0.05, 0.1) is 6.61 Å². The van der Waals surface area contributed by atoms with Crippen LogP contribution in [0, 0.1) is 0 Å². The summed E-state index contributed by atoms with van der Waals surface area (Å²) in [7, 11) is 0. The maximum absolute atomic E-state index is 11.2. The molecular weight excluding hydrogens is 264 g/mol. The van der Waals surface area contributed by atoms with Gasteiger partial charge in [0, 0.05) is 18.2 Å². The second kappa shape index (κ2) is 7.57. The predicted octanol–water partition coefficient (Wildman–Crippen LogP) is 1.48. The fourth-order valence-corrected chi connectivity index (χ4v) is 2.20. The average molecular weight is 284 g/mol. The highest BCUT2D eigenvalue weighted by molar-refractivity contribution is 5.92. The second-order valence-electron chi connectivity index (χ2n) is 5.01. The molecule has 2 aromatic rings. The molecule has 0 aliphatic heterocycles. The van der Waals surface area contributed by atoms with Crippen LogP contribution in [0.5, 0.6) is 0 Å². The highest BCUT2D eigenvalue weighted by Gasteiger charge is 2.08. The topological polar surface area (TPSA) is 75.4 Å². The predicted molar refractivity (Wildman–Crippen MR) is 82.8 cm³/mol. The van der Waals surface area contributed by atoms with Crippen LogP contribution in [0.25, 0.3) is 0 Å². The number of nitrogens with one attached hydrogen (secondary N) is 1. The number of rotatable bonds is 7. The van der Waals surface area contributed by atoms with E-state index in [1.807, 2.05) is 42.5 Å². The molecule has 0 aromatic heterocycles. The molecule has 2 rings (SSSR count). The van der Waals surface area contributed by atoms with Crippen molar-refractivity contribution >= 4 is 5.91 Å². The largest absolute Gasteiger partial charge is 0.395 e. The van der Waals surface area contributed by atoms with Gasteiger partial charge in [-0.3, -0.25) is 4.79 Å². The van der Waals surface area contributed by atoms with E-state index in [1.165, 1.54) is 5.56 Å². The van der Waals surface area contributed by atoms with Crippen LogP contribution >= 0.6 is 0 Å². The normalized spacial score (nSPS) is 12.0. The molecular formula is C17H20N2O2. The molecule has 0 radical (unpaired) electrons. The number of aliphatic hydroxyl groups excluding tert-OH is 1. The third-order valence-electron chi connectivity index (χ3n) is 3.35. The van der Waals surface area contributed by atoms with Crippen molar-refractivity contribution in [3.05, 3.63) is 71.3 Å². The lowest BCUT2D eigenvalue weighted by molar-refractivity contribution is 0.1000. The van der Waals surface area contributed by atoms with Crippen LogP contribution in [-0.2, 0) is 13.0 Å². The van der Waals surface area contributed by atoms with Gasteiger partial charge in [-0.2, -0.15) is 0 Å². The maximum atomic E-state index is 11.2. The highest BCUT2D eigenvalue weighted by Crippen LogP contribution is 2.07. The van der Waals surface area contributed by atoms with Crippen LogP contribution in [0.1, 0.15) is 21.5 Å². The average Bonchev–Trinajstić information content (AvgIpc) is 2.52. The van der Waals surface area contributed by atoms with E-state index in [1.54, 1.807) is 12.1 Å². The smallest absolute Gasteiger partial charge is 0.248 e. The SMILES string of the molecule is NC(=O)c1cccc(CN[C@H](CO)Cc2ccccc2)c1. The summed E-state index contributed by atoms with van der Waals surface area (Å²) in [4.78, 5) is 11.2. The summed E-state index contributed by atoms with van der Waals surface area (Å²) >= 11 is 0. The van der Waals surface area contributed by atoms with Crippen molar-refractivity contribution in [2.45, 2.75) is 19.0 Å². The molecule has 4 heteroatoms. The van der Waals surface area contributed by atoms with Crippen molar-refractivity contribution in [2.24, 2.45) is 5.73 Å². The van der Waals surface area contributed by atoms with Crippen molar-refractivity contribution in [3.8, 4) is 0 Å². The Morgan fingerprint density at radius 3 is 2.48 bits per heavy atom. The monoisotopic (exact) mass is 284 g/mol. The first-order valence-corrected chi connectivity index (χ1v) is 6.96. The summed E-state index contributed by atoms with van der Waals surface area (Å²) in [6.45, 7) is 0.642. The molecule has 1 amide bonds. The van der Waals surface area contributed by atoms with Gasteiger partial charge in [0.25, 0.3) is 0 Å². The van der Waals surface area contributed by atoms with Gasteiger partial charge >= 0.3 is 0 Å². The summed E-state index contributed by atoms with van der Waals surface area (Å²) in [5.74, 6) is -0.431. The first-order chi connectivity index (χ1) is 10.2. The number of nitrogens with two attached hydrogens (primary N) is 1. The fraction of sp³-hybridized carbons (Fsp3) is 0.235. The molecule has 0 aliphatic carbocycles. The van der Waals surface area contributed by atoms with E-state index in [2.05, 4.69) is 5.32 Å². The Labute approximate surface area is 124 Å². The summed E-state index contributed by atoms with van der Waals surface area (Å²) in [5, 5.41) is 12.8. The van der Waals surface area contributed by atoms with Gasteiger partial charge in [-0.25, -0.2) is 0 Å². The first-order valence-electron chi connectivity index (χ1n) is 6.96. The van der Waals surface area contributed by atoms with Crippen LogP contribution in [0.3, 0.4) is 0 Å². The lowest BCUT2D eigenvalue weighted by atomic mass is 10.1. The van der Waals surface area contributed by atoms with Crippen LogP contribution < -0.4 is 11.1 Å². The minimum Gasteiger partial charge on any atom is -0.395 e. The van der Waals surface area contributed by atoms with Gasteiger partial charge in [-0.05, 0) is 29.7 Å². The van der Waals surface area contributed by atoms with Crippen molar-refractivity contribution in [1.82, 2.24) is 5.32 Å². The van der Waals surface area contributed by atoms with Gasteiger partial charge < -0.3 is 16.2 Å². The molecule has 0 aliphatic rings. The van der Waals surface area contributed by atoms with E-state index in [-0.39, 0.29) is 12.6 Å². The molecule has 0 heterocycles. The van der Waals surface area contributed by atoms with Gasteiger partial charge in [0.2, 0.25) is 5.91 Å². The molecule has 21 heavy (non-hydrogen) atoms. The summed E-state index contributed by atoms with van der Waals surface area (Å²) in [5.41, 5.74) is 7.91. The van der Waals surface area contributed by atoms with E-state index in [4.69, 9.17) is 5.73 Å². The Kier molecular flexibility index (Phi) is 5.49. The molecule has 1 atom stereocenters. The highest BCUT2D eigenvalue weighted by atomic mass is 16.3. The number of primary amides is 1. The number of aliphatic hydroxyl groups is 1. The third-order valence-corrected chi connectivity index (χ3v) is 3.35. The fourth-order valence-electron chi connectivity index (χ4n) is 2.20. The van der Waals surface area contributed by atoms with Crippen molar-refractivity contribution < 1.29 is 9.90 Å². The van der Waals surface area contributed by atoms with Gasteiger partial charge in [0.15, 0.2) is 0 Å². The van der Waals surface area contributed by atoms with Gasteiger partial charge in [-0.15, -0.1) is 0 Å². The number of carbonyl (C=O) groups is 1. The molecule has 0 saturated heterocycles. The van der Waals surface area contributed by atoms with Crippen molar-refractivity contribution in [2.75, 3.05) is 6.61 Å². The van der Waals surface area contributed by atoms with Gasteiger partial charge in [0.1, 0.15) is 0 Å². The lowest BCUT2D eigenvalue weighted by Gasteiger charge is -2.16. The minimum absolute atomic E-state index is 0.0235. The standard InChI is InChI=1S/C17H20N2O2/c18-17(21)15-8-4-7-14(9-15)11-19-16(12-20)10-13-5-2-1-3-6-13/h1-9,16,19-20H,10-12H2,(H2,18,21)/t16-/m0/s1. The minimum atomic E-state index is -0.431. The van der Waals surface area contributed by atoms with E-state index in [9.17, 15) is 9.90 Å². The van der Waals surface area contributed by atoms with Crippen molar-refractivity contribution in [3.63, 3.8) is 0 Å². The van der Waals surface area contributed by atoms with Crippen molar-refractivity contribution in [1.29, 1.82) is 0 Å². The molecule has 0 spiro atoms. The van der Waals surface area contributed by atoms with Crippen LogP contribution in [-0.4, -0.2) is 23.7 Å². The van der Waals surface area contributed by atoms with Crippen LogP contribution in [0.2, 0.25) is 0 Å². The molecule has 0 fully saturated rings. The Hall–Kier alpha value is -2.17. The Bertz CT molecular complexity index is 584. The van der Waals surface area contributed by atoms with E-state index in [0.717, 1.165) is 12.0 Å². The number of carbonyl (C=O) groups excluding carboxylic acids is 1. The Morgan fingerprint density at radius 2 is 1.81 bits per heavy atom. The van der Waals surface area contributed by atoms with Crippen LogP contribution in [0.4, 0.5) is 0 Å². The lowest BCUT2D eigenvalue weighted by Crippen LogP contribution is -2.34. The van der Waals surface area contributed by atoms with E-state index in [0.29, 0.717) is 12.1 Å². The Morgan fingerprint density at radius 1 is 1.10 bits per heavy atom. The zero-order valence-corrected chi connectivity index (χ0v) is 11.8. The summed E-state index contributed by atoms with van der Waals surface area (Å²) in [6.07, 6.45) is 0.757. The second-order valence-corrected chi connectivity index (χ2v) is 5.01. The molecule has 110 valence electrons. The molecule has 0 saturated carbocycles. The molecule has 0 bridgehead atoms. The summed E-state index contributed by atoms with van der Waals surface area (Å²) < 4.78 is 0. The third kappa shape index (κ3) is 4.70. The molecule has 4 nitrogen and oxygen atoms in total. The zero-order valence-electron chi connectivity index (χ0n) is 11.8. The maximum Gasteiger partial charge on any atom is 0.248 e. The van der Waals surface area contributed by atoms with Gasteiger partial charge in [-0.1, -0.05) is 42.5 Å². The number of hydrogen-bond acceptors (Lipinski definition) is 3. The quantitative estimate of drug-likeness (QED) is 0.721. The molecule has 2 aromatic carbocycles. The number of benzene rings is 2. The molecule has 0 unspecified atom stereocenters. The Balaban J connectivity index is 1.94. The number of amides is 1. The van der Waals surface area contributed by atoms with E-state index >= 15 is 0 Å². The van der Waals surface area contributed by atoms with Crippen LogP contribution in [0.15, 0.2) is 54.6 Å². The number of hydrogen-bond donors (Lipinski definition) is 3. The van der Waals surface area contributed by atoms with E-state index < -0.39 is 5.91 Å². The zero-order chi connectivity index (χ0) is 15.1. The first kappa shape index (κ1) is 15.2. The molecule has 4 N–H and O–H groups in total. The summed E-state index contributed by atoms with van der Waals surface area (Å²) in [6, 6.07) is 17.2.